The quantitative estimate of drug-likeness (QED) is 0.549. The Kier molecular flexibility index (Phi) is 2.25. The highest BCUT2D eigenvalue weighted by molar-refractivity contribution is 6.13. The minimum Gasteiger partial charge on any atom is -0.292 e. The molecule has 0 unspecified atom stereocenters. The standard InChI is InChI=1S/C11H10N2O2/c1-13-9(10(14)12-11(13)15)7-8-5-3-2-4-6-8/h2-7H,1H3,(H,12,14,15)/b9-7+. The van der Waals surface area contributed by atoms with E-state index in [1.807, 2.05) is 30.3 Å². The van der Waals surface area contributed by atoms with E-state index in [1.165, 1.54) is 4.90 Å². The Balaban J connectivity index is 2.35. The summed E-state index contributed by atoms with van der Waals surface area (Å²) < 4.78 is 0. The number of imide groups is 1. The summed E-state index contributed by atoms with van der Waals surface area (Å²) in [5.74, 6) is -0.355. The lowest BCUT2D eigenvalue weighted by Crippen LogP contribution is -2.24. The van der Waals surface area contributed by atoms with Crippen molar-refractivity contribution < 1.29 is 9.59 Å². The fourth-order valence-corrected chi connectivity index (χ4v) is 1.38. The van der Waals surface area contributed by atoms with E-state index in [1.54, 1.807) is 13.1 Å². The van der Waals surface area contributed by atoms with Crippen LogP contribution >= 0.6 is 0 Å². The molecule has 1 heterocycles. The van der Waals surface area contributed by atoms with Crippen LogP contribution in [-0.4, -0.2) is 23.9 Å². The molecule has 3 amide bonds. The highest BCUT2D eigenvalue weighted by atomic mass is 16.2. The number of carbonyl (C=O) groups is 2. The molecule has 0 radical (unpaired) electrons. The minimum absolute atomic E-state index is 0.355. The number of hydrogen-bond acceptors (Lipinski definition) is 2. The SMILES string of the molecule is CN1C(=O)NC(=O)/C1=C\c1ccccc1. The van der Waals surface area contributed by atoms with E-state index in [-0.39, 0.29) is 11.9 Å². The zero-order valence-corrected chi connectivity index (χ0v) is 8.23. The van der Waals surface area contributed by atoms with E-state index in [4.69, 9.17) is 0 Å². The Bertz CT molecular complexity index is 437. The van der Waals surface area contributed by atoms with Crippen LogP contribution in [0.1, 0.15) is 5.56 Å². The van der Waals surface area contributed by atoms with Crippen LogP contribution < -0.4 is 5.32 Å². The van der Waals surface area contributed by atoms with Crippen molar-refractivity contribution >= 4 is 18.0 Å². The molecule has 1 aromatic carbocycles. The van der Waals surface area contributed by atoms with E-state index in [2.05, 4.69) is 5.32 Å². The maximum Gasteiger partial charge on any atom is 0.328 e. The lowest BCUT2D eigenvalue weighted by atomic mass is 10.2. The number of nitrogens with one attached hydrogen (secondary N) is 1. The van der Waals surface area contributed by atoms with Gasteiger partial charge in [-0.05, 0) is 11.6 Å². The third-order valence-corrected chi connectivity index (χ3v) is 2.22. The van der Waals surface area contributed by atoms with Gasteiger partial charge in [0.05, 0.1) is 0 Å². The summed E-state index contributed by atoms with van der Waals surface area (Å²) in [6.45, 7) is 0. The molecule has 0 aromatic heterocycles. The van der Waals surface area contributed by atoms with Gasteiger partial charge < -0.3 is 0 Å². The van der Waals surface area contributed by atoms with Gasteiger partial charge in [0.25, 0.3) is 5.91 Å². The first-order valence-corrected chi connectivity index (χ1v) is 4.54. The van der Waals surface area contributed by atoms with Gasteiger partial charge in [0.2, 0.25) is 0 Å². The Morgan fingerprint density at radius 2 is 1.87 bits per heavy atom. The average Bonchev–Trinajstić information content (AvgIpc) is 2.47. The topological polar surface area (TPSA) is 49.4 Å². The van der Waals surface area contributed by atoms with Gasteiger partial charge in [0.1, 0.15) is 5.70 Å². The molecule has 1 fully saturated rings. The highest BCUT2D eigenvalue weighted by Gasteiger charge is 2.29. The van der Waals surface area contributed by atoms with Crippen molar-refractivity contribution in [3.8, 4) is 0 Å². The summed E-state index contributed by atoms with van der Waals surface area (Å²) in [5, 5.41) is 2.22. The molecule has 0 aliphatic carbocycles. The molecule has 15 heavy (non-hydrogen) atoms. The fourth-order valence-electron chi connectivity index (χ4n) is 1.38. The summed E-state index contributed by atoms with van der Waals surface area (Å²) in [6.07, 6.45) is 1.68. The third-order valence-electron chi connectivity index (χ3n) is 2.22. The average molecular weight is 202 g/mol. The van der Waals surface area contributed by atoms with E-state index in [9.17, 15) is 9.59 Å². The number of likely N-dealkylation sites (N-methyl/N-ethyl adjacent to an activating group) is 1. The first-order valence-electron chi connectivity index (χ1n) is 4.54. The second-order valence-corrected chi connectivity index (χ2v) is 3.26. The normalized spacial score (nSPS) is 18.5. The molecule has 0 saturated carbocycles. The number of carbonyl (C=O) groups excluding carboxylic acids is 2. The van der Waals surface area contributed by atoms with Crippen LogP contribution in [0.25, 0.3) is 6.08 Å². The smallest absolute Gasteiger partial charge is 0.292 e. The van der Waals surface area contributed by atoms with Crippen molar-refractivity contribution in [1.82, 2.24) is 10.2 Å². The van der Waals surface area contributed by atoms with Crippen molar-refractivity contribution in [1.29, 1.82) is 0 Å². The molecule has 4 nitrogen and oxygen atoms in total. The molecule has 1 saturated heterocycles. The number of nitrogens with zero attached hydrogens (tertiary/aromatic N) is 1. The molecule has 1 N–H and O–H groups in total. The number of benzene rings is 1. The Morgan fingerprint density at radius 3 is 2.40 bits per heavy atom. The van der Waals surface area contributed by atoms with Crippen LogP contribution in [0.5, 0.6) is 0 Å². The van der Waals surface area contributed by atoms with Crippen molar-refractivity contribution in [3.63, 3.8) is 0 Å². The zero-order valence-electron chi connectivity index (χ0n) is 8.23. The van der Waals surface area contributed by atoms with E-state index in [0.717, 1.165) is 5.56 Å². The van der Waals surface area contributed by atoms with Crippen molar-refractivity contribution in [2.24, 2.45) is 0 Å². The van der Waals surface area contributed by atoms with Gasteiger partial charge in [-0.3, -0.25) is 15.0 Å². The van der Waals surface area contributed by atoms with Crippen molar-refractivity contribution in [2.75, 3.05) is 7.05 Å². The van der Waals surface area contributed by atoms with Crippen LogP contribution in [0.4, 0.5) is 4.79 Å². The number of rotatable bonds is 1. The molecular formula is C11H10N2O2. The molecule has 76 valence electrons. The van der Waals surface area contributed by atoms with Crippen LogP contribution in [0.15, 0.2) is 36.0 Å². The van der Waals surface area contributed by atoms with Crippen LogP contribution in [-0.2, 0) is 4.79 Å². The Morgan fingerprint density at radius 1 is 1.20 bits per heavy atom. The van der Waals surface area contributed by atoms with E-state index < -0.39 is 0 Å². The summed E-state index contributed by atoms with van der Waals surface area (Å²) in [7, 11) is 1.56. The summed E-state index contributed by atoms with van der Waals surface area (Å²) >= 11 is 0. The minimum atomic E-state index is -0.387. The molecule has 0 atom stereocenters. The number of urea groups is 1. The maximum absolute atomic E-state index is 11.4. The molecule has 0 spiro atoms. The summed E-state index contributed by atoms with van der Waals surface area (Å²) in [5.41, 5.74) is 1.26. The molecule has 2 rings (SSSR count). The van der Waals surface area contributed by atoms with Crippen molar-refractivity contribution in [2.45, 2.75) is 0 Å². The predicted molar refractivity (Wildman–Crippen MR) is 55.7 cm³/mol. The van der Waals surface area contributed by atoms with Gasteiger partial charge >= 0.3 is 6.03 Å². The maximum atomic E-state index is 11.4. The predicted octanol–water partition coefficient (Wildman–Crippen LogP) is 1.21. The van der Waals surface area contributed by atoms with Crippen LogP contribution in [0.3, 0.4) is 0 Å². The molecular weight excluding hydrogens is 192 g/mol. The van der Waals surface area contributed by atoms with Gasteiger partial charge in [-0.1, -0.05) is 30.3 Å². The second-order valence-electron chi connectivity index (χ2n) is 3.26. The van der Waals surface area contributed by atoms with E-state index >= 15 is 0 Å². The fraction of sp³-hybridized carbons (Fsp3) is 0.0909. The Labute approximate surface area is 87.2 Å². The molecule has 0 bridgehead atoms. The largest absolute Gasteiger partial charge is 0.328 e. The lowest BCUT2D eigenvalue weighted by Gasteiger charge is -2.06. The molecule has 1 aliphatic heterocycles. The second kappa shape index (κ2) is 3.57. The third kappa shape index (κ3) is 1.74. The van der Waals surface area contributed by atoms with Crippen LogP contribution in [0, 0.1) is 0 Å². The molecule has 4 heteroatoms. The molecule has 1 aliphatic rings. The highest BCUT2D eigenvalue weighted by Crippen LogP contribution is 2.14. The summed E-state index contributed by atoms with van der Waals surface area (Å²) in [6, 6.07) is 9.00. The van der Waals surface area contributed by atoms with Gasteiger partial charge in [-0.15, -0.1) is 0 Å². The van der Waals surface area contributed by atoms with E-state index in [0.29, 0.717) is 5.70 Å². The number of hydrogen-bond donors (Lipinski definition) is 1. The van der Waals surface area contributed by atoms with Crippen molar-refractivity contribution in [3.05, 3.63) is 41.6 Å². The molecule has 1 aromatic rings. The lowest BCUT2D eigenvalue weighted by molar-refractivity contribution is -0.115. The first kappa shape index (κ1) is 9.45. The summed E-state index contributed by atoms with van der Waals surface area (Å²) in [4.78, 5) is 23.8. The van der Waals surface area contributed by atoms with Gasteiger partial charge in [0.15, 0.2) is 0 Å². The monoisotopic (exact) mass is 202 g/mol. The zero-order chi connectivity index (χ0) is 10.8. The first-order chi connectivity index (χ1) is 7.18. The van der Waals surface area contributed by atoms with Gasteiger partial charge in [0, 0.05) is 7.05 Å². The number of amides is 3. The van der Waals surface area contributed by atoms with Crippen LogP contribution in [0.2, 0.25) is 0 Å². The van der Waals surface area contributed by atoms with Gasteiger partial charge in [-0.25, -0.2) is 4.79 Å². The van der Waals surface area contributed by atoms with Gasteiger partial charge in [-0.2, -0.15) is 0 Å². The Hall–Kier alpha value is -2.10.